The van der Waals surface area contributed by atoms with E-state index < -0.39 is 0 Å². The number of ether oxygens (including phenoxy) is 2. The molecule has 7 nitrogen and oxygen atoms in total. The Morgan fingerprint density at radius 2 is 1.41 bits per heavy atom. The molecule has 0 fully saturated rings. The fourth-order valence-electron chi connectivity index (χ4n) is 4.31. The first-order valence-electron chi connectivity index (χ1n) is 14.7. The summed E-state index contributed by atoms with van der Waals surface area (Å²) in [5, 5.41) is 3.02. The van der Waals surface area contributed by atoms with Gasteiger partial charge in [0.15, 0.2) is 17.5 Å². The molecule has 212 valence electrons. The standard InChI is InChI=1S/C30H54N4O3/c1-3-4-5-6-13-16-19-29(35)34-25-26-20-21-27(28(24-26)36-2)37-23-18-15-12-10-8-7-9-11-14-17-22-33-30(31)32/h20-21,24H,3-19,22-23,25H2,1-2H3,(H,34,35)(H4,31,32,33). The molecule has 0 aliphatic carbocycles. The molecule has 0 heterocycles. The molecule has 0 saturated carbocycles. The highest BCUT2D eigenvalue weighted by molar-refractivity contribution is 5.76. The highest BCUT2D eigenvalue weighted by Gasteiger charge is 2.07. The third-order valence-corrected chi connectivity index (χ3v) is 6.58. The van der Waals surface area contributed by atoms with Crippen molar-refractivity contribution in [2.75, 3.05) is 20.3 Å². The summed E-state index contributed by atoms with van der Waals surface area (Å²) in [6.07, 6.45) is 20.0. The zero-order valence-corrected chi connectivity index (χ0v) is 23.7. The van der Waals surface area contributed by atoms with E-state index in [0.717, 1.165) is 49.3 Å². The summed E-state index contributed by atoms with van der Waals surface area (Å²) in [6, 6.07) is 5.91. The number of carbonyl (C=O) groups excluding carboxylic acids is 1. The molecule has 0 atom stereocenters. The van der Waals surface area contributed by atoms with E-state index in [4.69, 9.17) is 20.9 Å². The molecular weight excluding hydrogens is 464 g/mol. The minimum atomic E-state index is 0.120. The Bertz CT molecular complexity index is 736. The molecule has 0 bridgehead atoms. The molecule has 1 rings (SSSR count). The summed E-state index contributed by atoms with van der Waals surface area (Å²) in [5.74, 6) is 1.80. The Kier molecular flexibility index (Phi) is 20.0. The van der Waals surface area contributed by atoms with Gasteiger partial charge in [0.2, 0.25) is 5.91 Å². The summed E-state index contributed by atoms with van der Waals surface area (Å²) in [6.45, 7) is 4.18. The number of guanidine groups is 1. The molecule has 0 aromatic heterocycles. The molecule has 0 unspecified atom stereocenters. The largest absolute Gasteiger partial charge is 0.493 e. The van der Waals surface area contributed by atoms with Gasteiger partial charge in [-0.1, -0.05) is 96.5 Å². The van der Waals surface area contributed by atoms with Crippen molar-refractivity contribution in [2.24, 2.45) is 16.5 Å². The summed E-state index contributed by atoms with van der Waals surface area (Å²) < 4.78 is 11.5. The minimum absolute atomic E-state index is 0.120. The van der Waals surface area contributed by atoms with Crippen LogP contribution >= 0.6 is 0 Å². The summed E-state index contributed by atoms with van der Waals surface area (Å²) in [4.78, 5) is 16.1. The second-order valence-corrected chi connectivity index (χ2v) is 9.97. The van der Waals surface area contributed by atoms with E-state index in [-0.39, 0.29) is 11.9 Å². The van der Waals surface area contributed by atoms with Crippen LogP contribution in [0.4, 0.5) is 0 Å². The van der Waals surface area contributed by atoms with Gasteiger partial charge in [-0.25, -0.2) is 0 Å². The molecule has 0 saturated heterocycles. The third kappa shape index (κ3) is 18.5. The first-order valence-corrected chi connectivity index (χ1v) is 14.7. The minimum Gasteiger partial charge on any atom is -0.493 e. The van der Waals surface area contributed by atoms with E-state index in [9.17, 15) is 4.79 Å². The number of methoxy groups -OCH3 is 1. The quantitative estimate of drug-likeness (QED) is 0.0809. The molecule has 1 aromatic carbocycles. The van der Waals surface area contributed by atoms with Crippen LogP contribution in [0.2, 0.25) is 0 Å². The predicted octanol–water partition coefficient (Wildman–Crippen LogP) is 6.62. The Hall–Kier alpha value is -2.44. The van der Waals surface area contributed by atoms with Crippen LogP contribution in [0.25, 0.3) is 0 Å². The van der Waals surface area contributed by atoms with Gasteiger partial charge in [0, 0.05) is 19.5 Å². The van der Waals surface area contributed by atoms with E-state index in [1.165, 1.54) is 77.0 Å². The molecular formula is C30H54N4O3. The molecule has 5 N–H and O–H groups in total. The number of hydrogen-bond donors (Lipinski definition) is 3. The van der Waals surface area contributed by atoms with Gasteiger partial charge in [-0.3, -0.25) is 9.79 Å². The molecule has 7 heteroatoms. The number of nitrogens with zero attached hydrogens (tertiary/aromatic N) is 1. The number of rotatable bonds is 24. The number of hydrogen-bond acceptors (Lipinski definition) is 4. The molecule has 1 amide bonds. The van der Waals surface area contributed by atoms with Gasteiger partial charge in [-0.2, -0.15) is 0 Å². The average Bonchev–Trinajstić information content (AvgIpc) is 2.89. The maximum absolute atomic E-state index is 12.1. The number of benzene rings is 1. The van der Waals surface area contributed by atoms with Crippen LogP contribution in [0.5, 0.6) is 11.5 Å². The van der Waals surface area contributed by atoms with E-state index >= 15 is 0 Å². The number of unbranched alkanes of at least 4 members (excludes halogenated alkanes) is 14. The van der Waals surface area contributed by atoms with Crippen molar-refractivity contribution in [2.45, 2.75) is 123 Å². The highest BCUT2D eigenvalue weighted by atomic mass is 16.5. The van der Waals surface area contributed by atoms with Crippen molar-refractivity contribution in [1.29, 1.82) is 0 Å². The second kappa shape index (κ2) is 22.7. The lowest BCUT2D eigenvalue weighted by Crippen LogP contribution is -2.22. The Labute approximate surface area is 226 Å². The maximum Gasteiger partial charge on any atom is 0.220 e. The van der Waals surface area contributed by atoms with Crippen LogP contribution in [0.1, 0.15) is 122 Å². The SMILES string of the molecule is CCCCCCCCC(=O)NCc1ccc(OCCCCCCCCCCCCN=C(N)N)c(OC)c1. The van der Waals surface area contributed by atoms with Gasteiger partial charge in [0.25, 0.3) is 0 Å². The third-order valence-electron chi connectivity index (χ3n) is 6.58. The van der Waals surface area contributed by atoms with E-state index in [1.807, 2.05) is 18.2 Å². The van der Waals surface area contributed by atoms with Crippen LogP contribution in [-0.4, -0.2) is 32.1 Å². The Balaban J connectivity index is 2.09. The van der Waals surface area contributed by atoms with E-state index in [1.54, 1.807) is 7.11 Å². The lowest BCUT2D eigenvalue weighted by Gasteiger charge is -2.13. The monoisotopic (exact) mass is 518 g/mol. The van der Waals surface area contributed by atoms with Gasteiger partial charge < -0.3 is 26.3 Å². The smallest absolute Gasteiger partial charge is 0.220 e. The van der Waals surface area contributed by atoms with Gasteiger partial charge in [-0.15, -0.1) is 0 Å². The maximum atomic E-state index is 12.1. The van der Waals surface area contributed by atoms with Crippen LogP contribution in [0.15, 0.2) is 23.2 Å². The van der Waals surface area contributed by atoms with Crippen molar-refractivity contribution in [3.05, 3.63) is 23.8 Å². The van der Waals surface area contributed by atoms with Crippen molar-refractivity contribution in [1.82, 2.24) is 5.32 Å². The number of nitrogens with one attached hydrogen (secondary N) is 1. The fraction of sp³-hybridized carbons (Fsp3) is 0.733. The topological polar surface area (TPSA) is 112 Å². The van der Waals surface area contributed by atoms with Crippen LogP contribution in [0.3, 0.4) is 0 Å². The lowest BCUT2D eigenvalue weighted by atomic mass is 10.1. The Morgan fingerprint density at radius 3 is 2.03 bits per heavy atom. The molecule has 0 spiro atoms. The molecule has 37 heavy (non-hydrogen) atoms. The number of nitrogens with two attached hydrogens (primary N) is 2. The highest BCUT2D eigenvalue weighted by Crippen LogP contribution is 2.28. The fourth-order valence-corrected chi connectivity index (χ4v) is 4.31. The molecule has 0 aliphatic heterocycles. The van der Waals surface area contributed by atoms with Crippen molar-refractivity contribution < 1.29 is 14.3 Å². The molecule has 0 radical (unpaired) electrons. The van der Waals surface area contributed by atoms with Crippen molar-refractivity contribution in [3.63, 3.8) is 0 Å². The first-order chi connectivity index (χ1) is 18.1. The van der Waals surface area contributed by atoms with Crippen LogP contribution in [0, 0.1) is 0 Å². The van der Waals surface area contributed by atoms with Gasteiger partial charge in [0.1, 0.15) is 0 Å². The normalized spacial score (nSPS) is 10.8. The summed E-state index contributed by atoms with van der Waals surface area (Å²) >= 11 is 0. The number of amides is 1. The number of carbonyl (C=O) groups is 1. The molecule has 1 aromatic rings. The molecule has 0 aliphatic rings. The van der Waals surface area contributed by atoms with Crippen molar-refractivity contribution >= 4 is 11.9 Å². The van der Waals surface area contributed by atoms with Crippen LogP contribution < -0.4 is 26.3 Å². The summed E-state index contributed by atoms with van der Waals surface area (Å²) in [7, 11) is 1.66. The van der Waals surface area contributed by atoms with Crippen LogP contribution in [-0.2, 0) is 11.3 Å². The average molecular weight is 519 g/mol. The zero-order valence-electron chi connectivity index (χ0n) is 23.7. The first kappa shape index (κ1) is 32.6. The van der Waals surface area contributed by atoms with Gasteiger partial charge in [-0.05, 0) is 37.0 Å². The van der Waals surface area contributed by atoms with E-state index in [2.05, 4.69) is 17.2 Å². The Morgan fingerprint density at radius 1 is 0.811 bits per heavy atom. The number of aliphatic imine (C=N–C) groups is 1. The van der Waals surface area contributed by atoms with Crippen molar-refractivity contribution in [3.8, 4) is 11.5 Å². The summed E-state index contributed by atoms with van der Waals surface area (Å²) in [5.41, 5.74) is 11.7. The second-order valence-electron chi connectivity index (χ2n) is 9.97. The lowest BCUT2D eigenvalue weighted by molar-refractivity contribution is -0.121. The van der Waals surface area contributed by atoms with E-state index in [0.29, 0.717) is 19.6 Å². The zero-order chi connectivity index (χ0) is 27.0. The predicted molar refractivity (Wildman–Crippen MR) is 155 cm³/mol. The van der Waals surface area contributed by atoms with Gasteiger partial charge >= 0.3 is 0 Å². The van der Waals surface area contributed by atoms with Gasteiger partial charge in [0.05, 0.1) is 13.7 Å².